The lowest BCUT2D eigenvalue weighted by atomic mass is 10.6. The smallest absolute Gasteiger partial charge is 0.0976 e. The highest BCUT2D eigenvalue weighted by Crippen LogP contribution is 2.03. The molecule has 0 spiro atoms. The Morgan fingerprint density at radius 2 is 1.44 bits per heavy atom. The van der Waals surface area contributed by atoms with Gasteiger partial charge in [0.05, 0.1) is 0 Å². The van der Waals surface area contributed by atoms with Gasteiger partial charge < -0.3 is 0 Å². The molecule has 0 amide bonds. The summed E-state index contributed by atoms with van der Waals surface area (Å²) >= 11 is 19.6. The molecule has 0 atom stereocenters. The Labute approximate surface area is 75.0 Å². The van der Waals surface area contributed by atoms with Crippen molar-refractivity contribution in [3.05, 3.63) is 24.3 Å². The highest BCUT2D eigenvalue weighted by molar-refractivity contribution is 6.63. The van der Waals surface area contributed by atoms with Crippen molar-refractivity contribution in [2.24, 2.45) is 0 Å². The summed E-state index contributed by atoms with van der Waals surface area (Å²) in [5.74, 6) is 0. The fraction of sp³-hybridized carbons (Fsp3) is 0.200. The van der Waals surface area contributed by atoms with Crippen LogP contribution in [-0.2, 0) is 0 Å². The van der Waals surface area contributed by atoms with E-state index in [1.54, 1.807) is 0 Å². The van der Waals surface area contributed by atoms with Crippen LogP contribution in [0.1, 0.15) is 0 Å². The zero-order chi connectivity index (χ0) is 7.86. The Kier molecular flexibility index (Phi) is 11.8. The molecule has 0 fully saturated rings. The molecular weight excluding hydrogens is 202 g/mol. The van der Waals surface area contributed by atoms with Crippen molar-refractivity contribution in [1.29, 1.82) is 0 Å². The average molecular weight is 208 g/mol. The Morgan fingerprint density at radius 3 is 1.44 bits per heavy atom. The highest BCUT2D eigenvalue weighted by atomic mass is 35.6. The Morgan fingerprint density at radius 1 is 1.33 bits per heavy atom. The summed E-state index contributed by atoms with van der Waals surface area (Å²) in [5, 5.41) is 0.491. The summed E-state index contributed by atoms with van der Waals surface area (Å²) in [5.41, 5.74) is 0. The van der Waals surface area contributed by atoms with E-state index >= 15 is 0 Å². The van der Waals surface area contributed by atoms with Crippen LogP contribution in [0.25, 0.3) is 0 Å². The zero-order valence-corrected chi connectivity index (χ0v) is 7.60. The summed E-state index contributed by atoms with van der Waals surface area (Å²) < 4.78 is -0.750. The number of hydrogen-bond donors (Lipinski definition) is 0. The van der Waals surface area contributed by atoms with Crippen LogP contribution in [0.3, 0.4) is 0 Å². The van der Waals surface area contributed by atoms with Crippen LogP contribution in [0.4, 0.5) is 0 Å². The number of hydrogen-bond acceptors (Lipinski definition) is 0. The van der Waals surface area contributed by atoms with Crippen molar-refractivity contribution in [2.45, 2.75) is 4.30 Å². The van der Waals surface area contributed by atoms with E-state index in [1.807, 2.05) is 0 Å². The first-order valence-electron chi connectivity index (χ1n) is 1.89. The molecule has 4 heteroatoms. The first-order valence-corrected chi connectivity index (χ1v) is 3.58. The zero-order valence-electron chi connectivity index (χ0n) is 4.58. The van der Waals surface area contributed by atoms with E-state index in [9.17, 15) is 0 Å². The minimum atomic E-state index is -0.750. The van der Waals surface area contributed by atoms with Crippen molar-refractivity contribution < 1.29 is 0 Å². The molecule has 0 aromatic carbocycles. The Balaban J connectivity index is 0. The van der Waals surface area contributed by atoms with Crippen molar-refractivity contribution in [2.75, 3.05) is 0 Å². The van der Waals surface area contributed by atoms with Crippen LogP contribution >= 0.6 is 46.4 Å². The maximum atomic E-state index is 5.15. The standard InChI is InChI=1S/C4H5Cl.CHCl3/c1-3-4(2)5;2-1(3)4/h3H,1-2H2;1H. The van der Waals surface area contributed by atoms with Gasteiger partial charge in [-0.15, -0.1) is 0 Å². The molecule has 0 rings (SSSR count). The maximum Gasteiger partial charge on any atom is 0.180 e. The summed E-state index contributed by atoms with van der Waals surface area (Å²) in [6, 6.07) is 0. The summed E-state index contributed by atoms with van der Waals surface area (Å²) in [7, 11) is 0. The third-order valence-electron chi connectivity index (χ3n) is 0.221. The van der Waals surface area contributed by atoms with E-state index in [-0.39, 0.29) is 0 Å². The molecule has 0 aliphatic heterocycles. The minimum Gasteiger partial charge on any atom is -0.0976 e. The van der Waals surface area contributed by atoms with Crippen LogP contribution in [0.2, 0.25) is 0 Å². The van der Waals surface area contributed by atoms with Gasteiger partial charge in [-0.1, -0.05) is 65.6 Å². The van der Waals surface area contributed by atoms with Gasteiger partial charge in [-0.25, -0.2) is 0 Å². The average Bonchev–Trinajstić information content (AvgIpc) is 1.65. The molecule has 9 heavy (non-hydrogen) atoms. The number of rotatable bonds is 1. The molecule has 0 aromatic rings. The lowest BCUT2D eigenvalue weighted by Gasteiger charge is -1.69. The van der Waals surface area contributed by atoms with Gasteiger partial charge in [-0.2, -0.15) is 0 Å². The molecule has 0 saturated carbocycles. The van der Waals surface area contributed by atoms with Gasteiger partial charge in [-0.3, -0.25) is 0 Å². The molecular formula is C5H6Cl4. The second-order valence-electron chi connectivity index (χ2n) is 0.898. The molecule has 0 radical (unpaired) electrons. The van der Waals surface area contributed by atoms with Crippen molar-refractivity contribution in [1.82, 2.24) is 0 Å². The molecule has 0 unspecified atom stereocenters. The normalized spacial score (nSPS) is 7.67. The molecule has 0 aliphatic rings. The van der Waals surface area contributed by atoms with Crippen molar-refractivity contribution >= 4 is 46.4 Å². The van der Waals surface area contributed by atoms with Gasteiger partial charge in [-0.05, 0) is 0 Å². The van der Waals surface area contributed by atoms with Gasteiger partial charge in [0.15, 0.2) is 4.30 Å². The second-order valence-corrected chi connectivity index (χ2v) is 3.36. The highest BCUT2D eigenvalue weighted by Gasteiger charge is 1.78. The first kappa shape index (κ1) is 12.3. The summed E-state index contributed by atoms with van der Waals surface area (Å²) in [4.78, 5) is 0. The molecule has 0 aliphatic carbocycles. The van der Waals surface area contributed by atoms with Crippen molar-refractivity contribution in [3.8, 4) is 0 Å². The van der Waals surface area contributed by atoms with E-state index in [0.29, 0.717) is 5.03 Å². The fourth-order valence-corrected chi connectivity index (χ4v) is 0. The predicted octanol–water partition coefficient (Wildman–Crippen LogP) is 3.91. The van der Waals surface area contributed by atoms with Crippen LogP contribution in [-0.4, -0.2) is 4.30 Å². The third-order valence-corrected chi connectivity index (χ3v) is 0.376. The molecule has 0 aromatic heterocycles. The lowest BCUT2D eigenvalue weighted by molar-refractivity contribution is 1.96. The monoisotopic (exact) mass is 206 g/mol. The summed E-state index contributed by atoms with van der Waals surface area (Å²) in [6.07, 6.45) is 1.49. The van der Waals surface area contributed by atoms with Crippen LogP contribution < -0.4 is 0 Å². The van der Waals surface area contributed by atoms with E-state index < -0.39 is 4.30 Å². The minimum absolute atomic E-state index is 0.491. The van der Waals surface area contributed by atoms with E-state index in [4.69, 9.17) is 46.4 Å². The van der Waals surface area contributed by atoms with Crippen molar-refractivity contribution in [3.63, 3.8) is 0 Å². The molecule has 0 N–H and O–H groups in total. The van der Waals surface area contributed by atoms with Crippen LogP contribution in [0.15, 0.2) is 24.3 Å². The first-order chi connectivity index (χ1) is 4.00. The van der Waals surface area contributed by atoms with Gasteiger partial charge in [0, 0.05) is 5.03 Å². The van der Waals surface area contributed by atoms with Crippen LogP contribution in [0.5, 0.6) is 0 Å². The number of halogens is 4. The molecule has 54 valence electrons. The molecule has 0 nitrogen and oxygen atoms in total. The van der Waals surface area contributed by atoms with Gasteiger partial charge >= 0.3 is 0 Å². The molecule has 0 heterocycles. The maximum absolute atomic E-state index is 5.15. The van der Waals surface area contributed by atoms with E-state index in [2.05, 4.69) is 13.2 Å². The molecule has 0 bridgehead atoms. The summed E-state index contributed by atoms with van der Waals surface area (Å²) in [6.45, 7) is 6.65. The second kappa shape index (κ2) is 8.64. The SMILES string of the molecule is C=CC(=C)Cl.ClC(Cl)Cl. The lowest BCUT2D eigenvalue weighted by Crippen LogP contribution is -1.55. The largest absolute Gasteiger partial charge is 0.180 e. The number of allylic oxidation sites excluding steroid dienone is 2. The van der Waals surface area contributed by atoms with E-state index in [0.717, 1.165) is 0 Å². The fourth-order valence-electron chi connectivity index (χ4n) is 0. The topological polar surface area (TPSA) is 0 Å². The quantitative estimate of drug-likeness (QED) is 0.452. The third kappa shape index (κ3) is 54.7. The Hall–Kier alpha value is 0.640. The Bertz CT molecular complexity index is 84.2. The van der Waals surface area contributed by atoms with Crippen LogP contribution in [0, 0.1) is 0 Å². The van der Waals surface area contributed by atoms with Gasteiger partial charge in [0.25, 0.3) is 0 Å². The number of alkyl halides is 3. The molecule has 0 saturated heterocycles. The van der Waals surface area contributed by atoms with Gasteiger partial charge in [0.2, 0.25) is 0 Å². The van der Waals surface area contributed by atoms with Gasteiger partial charge in [0.1, 0.15) is 0 Å². The predicted molar refractivity (Wildman–Crippen MR) is 46.5 cm³/mol. The van der Waals surface area contributed by atoms with E-state index in [1.165, 1.54) is 6.08 Å².